The smallest absolute Gasteiger partial charge is 0.191 e. The SMILES string of the molecule is CCCNc1cc(N(C)Cc2nccn2C)nc(SC)n1. The first-order chi connectivity index (χ1) is 10.1. The maximum atomic E-state index is 4.57. The number of hydrogen-bond donors (Lipinski definition) is 1. The summed E-state index contributed by atoms with van der Waals surface area (Å²) in [5.41, 5.74) is 0. The van der Waals surface area contributed by atoms with E-state index in [1.165, 1.54) is 0 Å². The predicted molar refractivity (Wildman–Crippen MR) is 87.9 cm³/mol. The molecular formula is C14H22N6S. The lowest BCUT2D eigenvalue weighted by Crippen LogP contribution is -2.21. The van der Waals surface area contributed by atoms with Gasteiger partial charge >= 0.3 is 0 Å². The molecule has 0 aliphatic rings. The van der Waals surface area contributed by atoms with E-state index < -0.39 is 0 Å². The van der Waals surface area contributed by atoms with Gasteiger partial charge in [0.15, 0.2) is 5.16 Å². The number of rotatable bonds is 7. The van der Waals surface area contributed by atoms with Gasteiger partial charge < -0.3 is 14.8 Å². The van der Waals surface area contributed by atoms with Gasteiger partial charge in [-0.15, -0.1) is 0 Å². The summed E-state index contributed by atoms with van der Waals surface area (Å²) in [4.78, 5) is 15.5. The van der Waals surface area contributed by atoms with Crippen LogP contribution in [0.5, 0.6) is 0 Å². The standard InChI is InChI=1S/C14H22N6S/c1-5-6-15-11-9-12(18-14(17-11)21-4)20(3)10-13-16-7-8-19(13)2/h7-9H,5-6,10H2,1-4H3,(H,15,17,18). The summed E-state index contributed by atoms with van der Waals surface area (Å²) >= 11 is 1.55. The van der Waals surface area contributed by atoms with Crippen molar-refractivity contribution in [1.29, 1.82) is 0 Å². The van der Waals surface area contributed by atoms with Crippen molar-refractivity contribution in [3.63, 3.8) is 0 Å². The number of hydrogen-bond acceptors (Lipinski definition) is 6. The zero-order valence-corrected chi connectivity index (χ0v) is 13.8. The zero-order valence-electron chi connectivity index (χ0n) is 13.0. The van der Waals surface area contributed by atoms with Gasteiger partial charge in [0.25, 0.3) is 0 Å². The average Bonchev–Trinajstić information content (AvgIpc) is 2.90. The molecule has 0 unspecified atom stereocenters. The van der Waals surface area contributed by atoms with Crippen LogP contribution in [0.4, 0.5) is 11.6 Å². The van der Waals surface area contributed by atoms with E-state index in [0.717, 1.165) is 35.6 Å². The fraction of sp³-hybridized carbons (Fsp3) is 0.500. The highest BCUT2D eigenvalue weighted by atomic mass is 32.2. The lowest BCUT2D eigenvalue weighted by molar-refractivity contribution is 0.749. The Bertz CT molecular complexity index is 583. The molecule has 0 radical (unpaired) electrons. The fourth-order valence-corrected chi connectivity index (χ4v) is 2.26. The van der Waals surface area contributed by atoms with E-state index in [2.05, 4.69) is 32.1 Å². The van der Waals surface area contributed by atoms with Crippen LogP contribution >= 0.6 is 11.8 Å². The van der Waals surface area contributed by atoms with Crippen molar-refractivity contribution in [3.8, 4) is 0 Å². The topological polar surface area (TPSA) is 58.9 Å². The number of aromatic nitrogens is 4. The van der Waals surface area contributed by atoms with Gasteiger partial charge in [0.05, 0.1) is 6.54 Å². The molecule has 0 fully saturated rings. The number of thioether (sulfide) groups is 1. The highest BCUT2D eigenvalue weighted by molar-refractivity contribution is 7.98. The zero-order chi connectivity index (χ0) is 15.2. The van der Waals surface area contributed by atoms with Gasteiger partial charge in [-0.2, -0.15) is 0 Å². The Labute approximate surface area is 130 Å². The summed E-state index contributed by atoms with van der Waals surface area (Å²) in [6.07, 6.45) is 6.81. The third kappa shape index (κ3) is 4.10. The highest BCUT2D eigenvalue weighted by Crippen LogP contribution is 2.20. The molecule has 6 nitrogen and oxygen atoms in total. The molecule has 0 saturated carbocycles. The largest absolute Gasteiger partial charge is 0.370 e. The molecule has 0 amide bonds. The van der Waals surface area contributed by atoms with Crippen LogP contribution in [0.25, 0.3) is 0 Å². The molecule has 0 aromatic carbocycles. The van der Waals surface area contributed by atoms with Crippen molar-refractivity contribution in [2.45, 2.75) is 25.0 Å². The average molecular weight is 306 g/mol. The molecule has 21 heavy (non-hydrogen) atoms. The summed E-state index contributed by atoms with van der Waals surface area (Å²) in [6.45, 7) is 3.76. The maximum Gasteiger partial charge on any atom is 0.191 e. The molecule has 0 aliphatic carbocycles. The molecule has 0 saturated heterocycles. The first-order valence-corrected chi connectivity index (χ1v) is 8.20. The molecule has 0 bridgehead atoms. The molecule has 2 aromatic rings. The van der Waals surface area contributed by atoms with Gasteiger partial charge in [-0.3, -0.25) is 0 Å². The Balaban J connectivity index is 2.18. The minimum atomic E-state index is 0.710. The van der Waals surface area contributed by atoms with Gasteiger partial charge in [-0.05, 0) is 12.7 Å². The molecule has 7 heteroatoms. The Hall–Kier alpha value is -1.76. The fourth-order valence-electron chi connectivity index (χ4n) is 1.89. The van der Waals surface area contributed by atoms with Gasteiger partial charge in [-0.25, -0.2) is 15.0 Å². The van der Waals surface area contributed by atoms with Gasteiger partial charge in [0, 0.05) is 39.1 Å². The van der Waals surface area contributed by atoms with E-state index in [9.17, 15) is 0 Å². The van der Waals surface area contributed by atoms with Crippen LogP contribution in [-0.2, 0) is 13.6 Å². The van der Waals surface area contributed by atoms with Crippen LogP contribution in [0.2, 0.25) is 0 Å². The summed E-state index contributed by atoms with van der Waals surface area (Å²) in [6, 6.07) is 1.98. The van der Waals surface area contributed by atoms with Crippen LogP contribution in [0.3, 0.4) is 0 Å². The van der Waals surface area contributed by atoms with Gasteiger partial charge in [-0.1, -0.05) is 18.7 Å². The van der Waals surface area contributed by atoms with E-state index in [4.69, 9.17) is 0 Å². The maximum absolute atomic E-state index is 4.57. The summed E-state index contributed by atoms with van der Waals surface area (Å²) in [5, 5.41) is 4.10. The molecule has 2 aromatic heterocycles. The Morgan fingerprint density at radius 2 is 2.19 bits per heavy atom. The first kappa shape index (κ1) is 15.6. The molecule has 0 spiro atoms. The molecule has 2 rings (SSSR count). The molecule has 0 atom stereocenters. The van der Waals surface area contributed by atoms with Crippen molar-refractivity contribution in [1.82, 2.24) is 19.5 Å². The Kier molecular flexibility index (Phi) is 5.44. The third-order valence-electron chi connectivity index (χ3n) is 3.12. The molecule has 2 heterocycles. The minimum absolute atomic E-state index is 0.710. The lowest BCUT2D eigenvalue weighted by atomic mass is 10.4. The van der Waals surface area contributed by atoms with Crippen molar-refractivity contribution >= 4 is 23.4 Å². The molecular weight excluding hydrogens is 284 g/mol. The van der Waals surface area contributed by atoms with E-state index in [1.54, 1.807) is 11.8 Å². The third-order valence-corrected chi connectivity index (χ3v) is 3.67. The van der Waals surface area contributed by atoms with E-state index >= 15 is 0 Å². The first-order valence-electron chi connectivity index (χ1n) is 6.98. The summed E-state index contributed by atoms with van der Waals surface area (Å²) in [5.74, 6) is 2.78. The second-order valence-corrected chi connectivity index (χ2v) is 5.61. The summed E-state index contributed by atoms with van der Waals surface area (Å²) in [7, 11) is 4.02. The van der Waals surface area contributed by atoms with Crippen LogP contribution in [0, 0.1) is 0 Å². The van der Waals surface area contributed by atoms with Crippen molar-refractivity contribution in [2.75, 3.05) is 30.1 Å². The van der Waals surface area contributed by atoms with Crippen molar-refractivity contribution < 1.29 is 0 Å². The number of nitrogens with zero attached hydrogens (tertiary/aromatic N) is 5. The number of nitrogens with one attached hydrogen (secondary N) is 1. The van der Waals surface area contributed by atoms with E-state index in [0.29, 0.717) is 6.54 Å². The van der Waals surface area contributed by atoms with Crippen molar-refractivity contribution in [2.24, 2.45) is 7.05 Å². The quantitative estimate of drug-likeness (QED) is 0.626. The Morgan fingerprint density at radius 1 is 1.38 bits per heavy atom. The second-order valence-electron chi connectivity index (χ2n) is 4.84. The second kappa shape index (κ2) is 7.31. The lowest BCUT2D eigenvalue weighted by Gasteiger charge is -2.19. The minimum Gasteiger partial charge on any atom is -0.370 e. The van der Waals surface area contributed by atoms with Gasteiger partial charge in [0.1, 0.15) is 17.5 Å². The highest BCUT2D eigenvalue weighted by Gasteiger charge is 2.10. The normalized spacial score (nSPS) is 10.7. The monoisotopic (exact) mass is 306 g/mol. The predicted octanol–water partition coefficient (Wildman–Crippen LogP) is 2.39. The number of aryl methyl sites for hydroxylation is 1. The van der Waals surface area contributed by atoms with Crippen LogP contribution in [0.1, 0.15) is 19.2 Å². The Morgan fingerprint density at radius 3 is 2.81 bits per heavy atom. The number of anilines is 2. The molecule has 114 valence electrons. The summed E-state index contributed by atoms with van der Waals surface area (Å²) < 4.78 is 2.02. The van der Waals surface area contributed by atoms with Crippen LogP contribution in [-0.4, -0.2) is 39.4 Å². The molecule has 0 aliphatic heterocycles. The van der Waals surface area contributed by atoms with Gasteiger partial charge in [0.2, 0.25) is 0 Å². The van der Waals surface area contributed by atoms with Crippen LogP contribution in [0.15, 0.2) is 23.6 Å². The number of imidazole rings is 1. The van der Waals surface area contributed by atoms with E-state index in [-0.39, 0.29) is 0 Å². The van der Waals surface area contributed by atoms with E-state index in [1.807, 2.05) is 43.4 Å². The van der Waals surface area contributed by atoms with Crippen molar-refractivity contribution in [3.05, 3.63) is 24.3 Å². The molecule has 1 N–H and O–H groups in total. The van der Waals surface area contributed by atoms with Crippen LogP contribution < -0.4 is 10.2 Å².